The Hall–Kier alpha value is -4.50. The Balaban J connectivity index is 2.05. The largest absolute Gasteiger partial charge is 0.404 e. The molecule has 0 bridgehead atoms. The predicted molar refractivity (Wildman–Crippen MR) is 159 cm³/mol. The third kappa shape index (κ3) is 5.00. The predicted octanol–water partition coefficient (Wildman–Crippen LogP) is 4.95. The Morgan fingerprint density at radius 2 is 2.03 bits per heavy atom. The molecule has 0 atom stereocenters. The van der Waals surface area contributed by atoms with Gasteiger partial charge in [-0.25, -0.2) is 4.98 Å². The van der Waals surface area contributed by atoms with Crippen LogP contribution in [-0.2, 0) is 10.3 Å². The summed E-state index contributed by atoms with van der Waals surface area (Å²) in [6.07, 6.45) is 8.29. The molecule has 4 aromatic rings. The van der Waals surface area contributed by atoms with Crippen LogP contribution in [0.3, 0.4) is 0 Å². The van der Waals surface area contributed by atoms with Crippen LogP contribution in [0.2, 0.25) is 0 Å². The Morgan fingerprint density at radius 3 is 2.67 bits per heavy atom. The van der Waals surface area contributed by atoms with E-state index in [0.29, 0.717) is 11.3 Å². The van der Waals surface area contributed by atoms with Gasteiger partial charge < -0.3 is 21.1 Å². The summed E-state index contributed by atoms with van der Waals surface area (Å²) >= 11 is 0. The molecule has 0 radical (unpaired) electrons. The number of aliphatic hydroxyl groups excluding tert-OH is 1. The van der Waals surface area contributed by atoms with Gasteiger partial charge in [-0.2, -0.15) is 5.10 Å². The lowest BCUT2D eigenvalue weighted by Crippen LogP contribution is -2.30. The summed E-state index contributed by atoms with van der Waals surface area (Å²) in [5.74, 6) is -0.283. The van der Waals surface area contributed by atoms with E-state index in [1.165, 1.54) is 6.08 Å². The molecule has 0 saturated heterocycles. The topological polar surface area (TPSA) is 134 Å². The normalized spacial score (nSPS) is 12.7. The minimum absolute atomic E-state index is 0.0610. The Morgan fingerprint density at radius 1 is 1.28 bits per heavy atom. The van der Waals surface area contributed by atoms with Crippen LogP contribution in [0.25, 0.3) is 39.0 Å². The average Bonchev–Trinajstić information content (AvgIpc) is 3.57. The van der Waals surface area contributed by atoms with Gasteiger partial charge in [-0.15, -0.1) is 0 Å². The van der Waals surface area contributed by atoms with Gasteiger partial charge in [0.15, 0.2) is 0 Å². The third-order valence-electron chi connectivity index (χ3n) is 7.11. The number of amides is 1. The molecule has 0 saturated carbocycles. The number of benzene rings is 1. The first-order valence-electron chi connectivity index (χ1n) is 12.6. The van der Waals surface area contributed by atoms with Gasteiger partial charge in [0, 0.05) is 64.7 Å². The van der Waals surface area contributed by atoms with Crippen LogP contribution in [-0.4, -0.2) is 50.1 Å². The lowest BCUT2D eigenvalue weighted by Gasteiger charge is -2.22. The second-order valence-corrected chi connectivity index (χ2v) is 10.2. The number of aromatic nitrogens is 4. The molecule has 0 fully saturated rings. The lowest BCUT2D eigenvalue weighted by molar-refractivity contribution is -0.111. The molecule has 3 heterocycles. The number of rotatable bonds is 8. The maximum absolute atomic E-state index is 12.2. The summed E-state index contributed by atoms with van der Waals surface area (Å²) in [6, 6.07) is 5.95. The van der Waals surface area contributed by atoms with Gasteiger partial charge in [0.25, 0.3) is 0 Å². The minimum Gasteiger partial charge on any atom is -0.404 e. The van der Waals surface area contributed by atoms with Crippen molar-refractivity contribution in [3.05, 3.63) is 72.3 Å². The molecular formula is C30H35N7O2. The van der Waals surface area contributed by atoms with Crippen molar-refractivity contribution in [3.8, 4) is 22.4 Å². The minimum atomic E-state index is -0.574. The number of hydrogen-bond donors (Lipinski definition) is 4. The van der Waals surface area contributed by atoms with Crippen LogP contribution in [0.15, 0.2) is 60.6 Å². The smallest absolute Gasteiger partial charge is 0.247 e. The van der Waals surface area contributed by atoms with E-state index in [4.69, 9.17) is 10.7 Å². The quantitative estimate of drug-likeness (QED) is 0.191. The number of carbonyl (C=O) groups excluding carboxylic acids is 1. The van der Waals surface area contributed by atoms with E-state index < -0.39 is 5.54 Å². The number of hydrogen-bond acceptors (Lipinski definition) is 6. The first-order chi connectivity index (χ1) is 18.6. The molecule has 9 heteroatoms. The number of nitrogens with zero attached hydrogens (tertiary/aromatic N) is 4. The van der Waals surface area contributed by atoms with Crippen molar-refractivity contribution in [1.82, 2.24) is 19.7 Å². The number of aliphatic hydroxyl groups is 1. The third-order valence-corrected chi connectivity index (χ3v) is 7.11. The maximum Gasteiger partial charge on any atom is 0.247 e. The molecule has 4 rings (SSSR count). The number of carbonyl (C=O) groups is 1. The van der Waals surface area contributed by atoms with Crippen molar-refractivity contribution in [3.63, 3.8) is 0 Å². The number of aliphatic imine (C=N–C) groups is 1. The van der Waals surface area contributed by atoms with Gasteiger partial charge in [-0.1, -0.05) is 18.7 Å². The molecule has 3 aromatic heterocycles. The summed E-state index contributed by atoms with van der Waals surface area (Å²) in [4.78, 5) is 24.8. The number of allylic oxidation sites excluding steroid dienone is 1. The highest BCUT2D eigenvalue weighted by molar-refractivity contribution is 6.23. The second-order valence-electron chi connectivity index (χ2n) is 10.2. The second kappa shape index (κ2) is 10.7. The van der Waals surface area contributed by atoms with Crippen molar-refractivity contribution < 1.29 is 9.90 Å². The summed E-state index contributed by atoms with van der Waals surface area (Å²) < 4.78 is 1.75. The van der Waals surface area contributed by atoms with E-state index in [2.05, 4.69) is 27.0 Å². The SMILES string of the molecule is C=CC(=O)Nc1cc(-c2c(-c3cnn(C(C)(C)CO)c3)[nH]c3ncc(/C(=C/N)C(C)=NC)c(C)c23)ccc1C. The molecule has 1 aromatic carbocycles. The van der Waals surface area contributed by atoms with Crippen LogP contribution in [0, 0.1) is 13.8 Å². The van der Waals surface area contributed by atoms with Crippen LogP contribution < -0.4 is 11.1 Å². The lowest BCUT2D eigenvalue weighted by atomic mass is 9.92. The summed E-state index contributed by atoms with van der Waals surface area (Å²) in [5, 5.41) is 18.3. The van der Waals surface area contributed by atoms with E-state index in [1.54, 1.807) is 30.3 Å². The first kappa shape index (κ1) is 27.5. The van der Waals surface area contributed by atoms with E-state index in [1.807, 2.05) is 59.0 Å². The van der Waals surface area contributed by atoms with Gasteiger partial charge >= 0.3 is 0 Å². The monoisotopic (exact) mass is 525 g/mol. The molecule has 0 unspecified atom stereocenters. The van der Waals surface area contributed by atoms with Crippen LogP contribution in [0.4, 0.5) is 5.69 Å². The molecule has 39 heavy (non-hydrogen) atoms. The fourth-order valence-electron chi connectivity index (χ4n) is 4.56. The van der Waals surface area contributed by atoms with Gasteiger partial charge in [-0.3, -0.25) is 14.5 Å². The first-order valence-corrected chi connectivity index (χ1v) is 12.6. The van der Waals surface area contributed by atoms with Gasteiger partial charge in [0.2, 0.25) is 5.91 Å². The molecular weight excluding hydrogens is 490 g/mol. The number of H-pyrrole nitrogens is 1. The van der Waals surface area contributed by atoms with E-state index in [9.17, 15) is 9.90 Å². The number of nitrogens with one attached hydrogen (secondary N) is 2. The van der Waals surface area contributed by atoms with Crippen molar-refractivity contribution in [2.75, 3.05) is 19.0 Å². The zero-order chi connectivity index (χ0) is 28.5. The summed E-state index contributed by atoms with van der Waals surface area (Å²) in [6.45, 7) is 13.2. The highest BCUT2D eigenvalue weighted by atomic mass is 16.3. The van der Waals surface area contributed by atoms with Crippen LogP contribution in [0.5, 0.6) is 0 Å². The number of aryl methyl sites for hydroxylation is 2. The standard InChI is InChI=1S/C30H35N7O2/c1-8-25(39)35-24-11-20(10-9-17(24)2)27-26-18(3)23(22(12-31)19(4)32-7)14-33-29(26)36-28(27)21-13-34-37(15-21)30(5,6)16-38/h8-15,38H,1,16,31H2,2-7H3,(H,33,36)(H,35,39)/b22-12+,32-19?. The average molecular weight is 526 g/mol. The van der Waals surface area contributed by atoms with Gasteiger partial charge in [0.1, 0.15) is 5.65 Å². The maximum atomic E-state index is 12.2. The molecule has 5 N–H and O–H groups in total. The molecule has 1 amide bonds. The van der Waals surface area contributed by atoms with Gasteiger partial charge in [0.05, 0.1) is 24.0 Å². The number of pyridine rings is 1. The number of aromatic amines is 1. The molecule has 0 aliphatic rings. The van der Waals surface area contributed by atoms with Crippen molar-refractivity contribution >= 4 is 33.9 Å². The molecule has 0 aliphatic heterocycles. The van der Waals surface area contributed by atoms with Crippen LogP contribution in [0.1, 0.15) is 37.5 Å². The highest BCUT2D eigenvalue weighted by Gasteiger charge is 2.25. The molecule has 9 nitrogen and oxygen atoms in total. The molecule has 0 spiro atoms. The number of anilines is 1. The molecule has 0 aliphatic carbocycles. The fraction of sp³-hybridized carbons (Fsp3) is 0.267. The van der Waals surface area contributed by atoms with Crippen molar-refractivity contribution in [1.29, 1.82) is 0 Å². The van der Waals surface area contributed by atoms with Gasteiger partial charge in [-0.05, 0) is 63.5 Å². The number of nitrogens with two attached hydrogens (primary N) is 1. The molecule has 202 valence electrons. The van der Waals surface area contributed by atoms with E-state index >= 15 is 0 Å². The summed E-state index contributed by atoms with van der Waals surface area (Å²) in [7, 11) is 1.73. The van der Waals surface area contributed by atoms with E-state index in [0.717, 1.165) is 55.7 Å². The zero-order valence-electron chi connectivity index (χ0n) is 23.3. The summed E-state index contributed by atoms with van der Waals surface area (Å²) in [5.41, 5.74) is 14.7. The van der Waals surface area contributed by atoms with Crippen molar-refractivity contribution in [2.24, 2.45) is 10.7 Å². The van der Waals surface area contributed by atoms with E-state index in [-0.39, 0.29) is 12.5 Å². The Labute approximate surface area is 228 Å². The van der Waals surface area contributed by atoms with Crippen LogP contribution >= 0.6 is 0 Å². The Bertz CT molecular complexity index is 1640. The number of fused-ring (bicyclic) bond motifs is 1. The Kier molecular flexibility index (Phi) is 7.56. The highest BCUT2D eigenvalue weighted by Crippen LogP contribution is 2.42. The van der Waals surface area contributed by atoms with Crippen molar-refractivity contribution in [2.45, 2.75) is 40.2 Å². The fourth-order valence-corrected chi connectivity index (χ4v) is 4.56. The zero-order valence-corrected chi connectivity index (χ0v) is 23.3.